The summed E-state index contributed by atoms with van der Waals surface area (Å²) in [6.45, 7) is 0.342. The average molecular weight is 660 g/mol. The summed E-state index contributed by atoms with van der Waals surface area (Å²) in [7, 11) is -2.92. The molecule has 1 aromatic heterocycles. The predicted octanol–water partition coefficient (Wildman–Crippen LogP) is 6.02. The Morgan fingerprint density at radius 1 is 1.09 bits per heavy atom. The number of methoxy groups -OCH3 is 1. The van der Waals surface area contributed by atoms with Gasteiger partial charge >= 0.3 is 22.7 Å². The van der Waals surface area contributed by atoms with E-state index in [1.165, 1.54) is 37.4 Å². The summed E-state index contributed by atoms with van der Waals surface area (Å²) in [6, 6.07) is 7.78. The number of alkyl halides is 2. The Kier molecular flexibility index (Phi) is 10.2. The van der Waals surface area contributed by atoms with Crippen LogP contribution in [0.2, 0.25) is 10.0 Å². The fraction of sp³-hybridized carbons (Fsp3) is 0.286. The number of rotatable bonds is 14. The minimum absolute atomic E-state index is 0.00294. The summed E-state index contributed by atoms with van der Waals surface area (Å²) in [5.41, 5.74) is 0.439. The van der Waals surface area contributed by atoms with E-state index in [0.717, 1.165) is 31.3 Å². The monoisotopic (exact) mass is 659 g/mol. The van der Waals surface area contributed by atoms with E-state index in [9.17, 15) is 27.2 Å². The third kappa shape index (κ3) is 8.62. The van der Waals surface area contributed by atoms with Crippen molar-refractivity contribution in [3.05, 3.63) is 92.7 Å². The Morgan fingerprint density at radius 3 is 2.37 bits per heavy atom. The molecule has 1 fully saturated rings. The highest BCUT2D eigenvalue weighted by molar-refractivity contribution is 7.90. The van der Waals surface area contributed by atoms with Crippen molar-refractivity contribution >= 4 is 39.3 Å². The van der Waals surface area contributed by atoms with E-state index < -0.39 is 28.8 Å². The number of hydrogen-bond acceptors (Lipinski definition) is 9. The maximum Gasteiger partial charge on any atom is 0.387 e. The Morgan fingerprint density at radius 2 is 1.77 bits per heavy atom. The van der Waals surface area contributed by atoms with Gasteiger partial charge in [0, 0.05) is 18.1 Å². The third-order valence-corrected chi connectivity index (χ3v) is 7.70. The maximum absolute atomic E-state index is 13.4. The van der Waals surface area contributed by atoms with E-state index in [1.807, 2.05) is 0 Å². The van der Waals surface area contributed by atoms with Crippen LogP contribution in [-0.2, 0) is 21.3 Å². The second kappa shape index (κ2) is 13.7. The Balaban J connectivity index is 1.72. The summed E-state index contributed by atoms with van der Waals surface area (Å²) < 4.78 is 76.8. The minimum atomic E-state index is -4.20. The van der Waals surface area contributed by atoms with Crippen LogP contribution in [0.5, 0.6) is 23.0 Å². The summed E-state index contributed by atoms with van der Waals surface area (Å²) in [5, 5.41) is 12.3. The molecular weight excluding hydrogens is 635 g/mol. The molecule has 0 aliphatic heterocycles. The van der Waals surface area contributed by atoms with E-state index in [0.29, 0.717) is 15.7 Å². The van der Waals surface area contributed by atoms with Crippen LogP contribution in [0.25, 0.3) is 0 Å². The topological polar surface area (TPSA) is 124 Å². The summed E-state index contributed by atoms with van der Waals surface area (Å²) >= 11 is 12.6. The summed E-state index contributed by atoms with van der Waals surface area (Å²) in [4.78, 5) is 13.4. The first-order valence-corrected chi connectivity index (χ1v) is 14.9. The first kappa shape index (κ1) is 32.1. The van der Waals surface area contributed by atoms with Gasteiger partial charge in [-0.05, 0) is 48.6 Å². The van der Waals surface area contributed by atoms with Crippen molar-refractivity contribution in [1.82, 2.24) is 0 Å². The summed E-state index contributed by atoms with van der Waals surface area (Å²) in [6.07, 6.45) is 2.72. The van der Waals surface area contributed by atoms with Crippen LogP contribution in [0.1, 0.15) is 40.4 Å². The number of aromatic nitrogens is 1. The van der Waals surface area contributed by atoms with Gasteiger partial charge in [-0.3, -0.25) is 0 Å². The number of esters is 1. The largest absolute Gasteiger partial charge is 0.619 e. The van der Waals surface area contributed by atoms with Crippen molar-refractivity contribution in [2.45, 2.75) is 32.0 Å². The maximum atomic E-state index is 13.4. The van der Waals surface area contributed by atoms with E-state index in [2.05, 4.69) is 11.3 Å². The molecule has 1 atom stereocenters. The van der Waals surface area contributed by atoms with Gasteiger partial charge < -0.3 is 28.3 Å². The van der Waals surface area contributed by atoms with Gasteiger partial charge in [-0.2, -0.15) is 21.9 Å². The minimum Gasteiger partial charge on any atom is -0.619 e. The molecule has 1 saturated carbocycles. The Labute approximate surface area is 256 Å². The van der Waals surface area contributed by atoms with Crippen molar-refractivity contribution in [2.24, 2.45) is 5.92 Å². The number of benzene rings is 2. The molecule has 1 aliphatic rings. The number of halogens is 4. The highest BCUT2D eigenvalue weighted by Crippen LogP contribution is 2.38. The molecule has 0 N–H and O–H groups in total. The quantitative estimate of drug-likeness (QED) is 0.0884. The number of pyridine rings is 1. The second-order valence-corrected chi connectivity index (χ2v) is 11.6. The van der Waals surface area contributed by atoms with Gasteiger partial charge in [0.05, 0.1) is 24.7 Å². The molecule has 1 aliphatic carbocycles. The van der Waals surface area contributed by atoms with Gasteiger partial charge in [0.1, 0.15) is 16.1 Å². The first-order valence-electron chi connectivity index (χ1n) is 12.6. The van der Waals surface area contributed by atoms with E-state index in [4.69, 9.17) is 41.6 Å². The molecule has 3 aromatic rings. The molecule has 43 heavy (non-hydrogen) atoms. The lowest BCUT2D eigenvalue weighted by atomic mass is 10.0. The molecule has 1 heterocycles. The molecule has 0 bridgehead atoms. The highest BCUT2D eigenvalue weighted by atomic mass is 35.5. The zero-order chi connectivity index (χ0) is 31.3. The predicted molar refractivity (Wildman–Crippen MR) is 151 cm³/mol. The van der Waals surface area contributed by atoms with Gasteiger partial charge in [0.25, 0.3) is 0 Å². The van der Waals surface area contributed by atoms with Crippen LogP contribution >= 0.6 is 23.2 Å². The van der Waals surface area contributed by atoms with Crippen LogP contribution in [0.15, 0.2) is 60.8 Å². The Bertz CT molecular complexity index is 1590. The van der Waals surface area contributed by atoms with Crippen LogP contribution < -0.4 is 23.1 Å². The summed E-state index contributed by atoms with van der Waals surface area (Å²) in [5.74, 6) is -1.14. The zero-order valence-corrected chi connectivity index (χ0v) is 24.8. The average Bonchev–Trinajstić information content (AvgIpc) is 3.78. The number of carbonyl (C=O) groups excluding carboxylic acids is 1. The first-order chi connectivity index (χ1) is 20.4. The highest BCUT2D eigenvalue weighted by Gasteiger charge is 2.27. The molecule has 10 nitrogen and oxygen atoms in total. The van der Waals surface area contributed by atoms with Gasteiger partial charge in [-0.1, -0.05) is 35.8 Å². The van der Waals surface area contributed by atoms with Gasteiger partial charge in [0.15, 0.2) is 35.4 Å². The SMILES string of the molecule is C=CS(=O)(=O)Oc1cc(C(=O)O[C@@H](Cc2c(Cl)c[n+]([O-])cc2Cl)c2ccc(OC(F)F)c(OCC3CC3)c2)ccc1OC. The fourth-order valence-electron chi connectivity index (χ4n) is 3.89. The number of hydrogen-bond donors (Lipinski definition) is 0. The third-order valence-electron chi connectivity index (χ3n) is 6.23. The van der Waals surface area contributed by atoms with Crippen molar-refractivity contribution < 1.29 is 49.9 Å². The smallest absolute Gasteiger partial charge is 0.387 e. The second-order valence-electron chi connectivity index (χ2n) is 9.34. The molecule has 2 aromatic carbocycles. The molecule has 0 saturated heterocycles. The zero-order valence-electron chi connectivity index (χ0n) is 22.5. The van der Waals surface area contributed by atoms with Crippen molar-refractivity contribution in [3.8, 4) is 23.0 Å². The Hall–Kier alpha value is -3.81. The van der Waals surface area contributed by atoms with Gasteiger partial charge in [0.2, 0.25) is 0 Å². The van der Waals surface area contributed by atoms with Crippen molar-refractivity contribution in [3.63, 3.8) is 0 Å². The molecule has 0 spiro atoms. The number of nitrogens with zero attached hydrogens (tertiary/aromatic N) is 1. The van der Waals surface area contributed by atoms with E-state index in [1.54, 1.807) is 0 Å². The molecule has 4 rings (SSSR count). The van der Waals surface area contributed by atoms with Gasteiger partial charge in [-0.15, -0.1) is 0 Å². The van der Waals surface area contributed by atoms with Crippen LogP contribution in [0, 0.1) is 11.1 Å². The molecule has 230 valence electrons. The lowest BCUT2D eigenvalue weighted by Gasteiger charge is -2.22. The fourth-order valence-corrected chi connectivity index (χ4v) is 4.93. The van der Waals surface area contributed by atoms with E-state index >= 15 is 0 Å². The van der Waals surface area contributed by atoms with Crippen LogP contribution in [0.3, 0.4) is 0 Å². The number of carbonyl (C=O) groups is 1. The molecule has 0 unspecified atom stereocenters. The van der Waals surface area contributed by atoms with E-state index in [-0.39, 0.29) is 63.1 Å². The standard InChI is InChI=1S/C28H25Cl2F2NO9S/c1-3-43(36,37)42-26-11-18(7-8-22(26)38-2)27(34)40-24(12-19-20(29)13-33(35)14-21(19)30)17-6-9-23(41-28(31)32)25(10-17)39-15-16-4-5-16/h3,6-11,13-14,16,24,28H,1,4-5,12,15H2,2H3/t24-/m0/s1. The lowest BCUT2D eigenvalue weighted by Crippen LogP contribution is -2.25. The molecular formula is C28H25Cl2F2NO9S. The van der Waals surface area contributed by atoms with Crippen molar-refractivity contribution in [2.75, 3.05) is 13.7 Å². The lowest BCUT2D eigenvalue weighted by molar-refractivity contribution is -0.605. The van der Waals surface area contributed by atoms with Crippen LogP contribution in [-0.4, -0.2) is 34.7 Å². The molecule has 15 heteroatoms. The van der Waals surface area contributed by atoms with Crippen LogP contribution in [0.4, 0.5) is 8.78 Å². The number of ether oxygens (including phenoxy) is 4. The van der Waals surface area contributed by atoms with Crippen molar-refractivity contribution in [1.29, 1.82) is 0 Å². The van der Waals surface area contributed by atoms with Gasteiger partial charge in [-0.25, -0.2) is 4.79 Å². The molecule has 0 amide bonds. The molecule has 0 radical (unpaired) electrons. The normalized spacial score (nSPS) is 13.7.